The van der Waals surface area contributed by atoms with E-state index in [1.807, 2.05) is 13.8 Å². The van der Waals surface area contributed by atoms with Crippen molar-refractivity contribution >= 4 is 17.9 Å². The third-order valence-electron chi connectivity index (χ3n) is 8.22. The van der Waals surface area contributed by atoms with Crippen molar-refractivity contribution in [3.05, 3.63) is 0 Å². The number of fused-ring (bicyclic) bond motifs is 2. The van der Waals surface area contributed by atoms with Gasteiger partial charge in [-0.05, 0) is 38.3 Å². The van der Waals surface area contributed by atoms with E-state index >= 15 is 0 Å². The van der Waals surface area contributed by atoms with E-state index < -0.39 is 35.6 Å². The zero-order chi connectivity index (χ0) is 22.5. The Hall–Kier alpha value is -1.67. The molecular weight excluding hydrogens is 402 g/mol. The van der Waals surface area contributed by atoms with Crippen LogP contribution in [0.5, 0.6) is 0 Å². The maximum absolute atomic E-state index is 12.8. The first-order valence-electron chi connectivity index (χ1n) is 11.6. The molecule has 8 nitrogen and oxygen atoms in total. The number of aliphatic hydroxyl groups is 1. The second kappa shape index (κ2) is 8.35. The van der Waals surface area contributed by atoms with Gasteiger partial charge in [-0.15, -0.1) is 0 Å². The molecule has 2 saturated heterocycles. The third-order valence-corrected chi connectivity index (χ3v) is 8.22. The van der Waals surface area contributed by atoms with E-state index in [0.717, 1.165) is 25.9 Å². The minimum absolute atomic E-state index is 0.0119. The molecule has 9 atom stereocenters. The Labute approximate surface area is 183 Å². The lowest BCUT2D eigenvalue weighted by atomic mass is 9.66. The Morgan fingerprint density at radius 3 is 2.42 bits per heavy atom. The summed E-state index contributed by atoms with van der Waals surface area (Å²) >= 11 is 0. The smallest absolute Gasteiger partial charge is 0.311 e. The van der Waals surface area contributed by atoms with Crippen LogP contribution in [0.4, 0.5) is 0 Å². The van der Waals surface area contributed by atoms with Crippen molar-refractivity contribution < 1.29 is 33.7 Å². The van der Waals surface area contributed by atoms with E-state index in [1.165, 1.54) is 13.8 Å². The van der Waals surface area contributed by atoms with Crippen LogP contribution >= 0.6 is 0 Å². The highest BCUT2D eigenvalue weighted by atomic mass is 16.6. The van der Waals surface area contributed by atoms with Crippen LogP contribution in [0, 0.1) is 29.1 Å². The summed E-state index contributed by atoms with van der Waals surface area (Å²) in [5, 5.41) is 11.8. The van der Waals surface area contributed by atoms with E-state index in [0.29, 0.717) is 19.4 Å². The monoisotopic (exact) mass is 437 g/mol. The predicted octanol–water partition coefficient (Wildman–Crippen LogP) is 1.53. The highest BCUT2D eigenvalue weighted by Gasteiger charge is 2.67. The van der Waals surface area contributed by atoms with E-state index in [1.54, 1.807) is 0 Å². The van der Waals surface area contributed by atoms with Gasteiger partial charge in [0, 0.05) is 44.1 Å². The minimum atomic E-state index is -0.920. The molecule has 0 aromatic rings. The number of rotatable bonds is 4. The second-order valence-corrected chi connectivity index (χ2v) is 10.2. The van der Waals surface area contributed by atoms with Gasteiger partial charge in [0.1, 0.15) is 18.3 Å². The van der Waals surface area contributed by atoms with Crippen LogP contribution < -0.4 is 0 Å². The number of aliphatic hydroxyl groups excluding tert-OH is 1. The molecule has 4 rings (SSSR count). The van der Waals surface area contributed by atoms with Crippen molar-refractivity contribution in [2.75, 3.05) is 19.6 Å². The SMILES string of the molecule is CC(=O)O[C@H]1C[C@H](OC(C)=O)[C@]2(C)[C@H]1[C@H](C)C[C@@H]1OC(=O)[C@H](CN3CCCC3)[C@H]1[C@@H]2O. The number of ether oxygens (including phenoxy) is 3. The summed E-state index contributed by atoms with van der Waals surface area (Å²) < 4.78 is 17.2. The van der Waals surface area contributed by atoms with Gasteiger partial charge in [0.05, 0.1) is 12.0 Å². The zero-order valence-electron chi connectivity index (χ0n) is 18.9. The lowest BCUT2D eigenvalue weighted by Crippen LogP contribution is -2.52. The molecule has 0 bridgehead atoms. The van der Waals surface area contributed by atoms with E-state index in [2.05, 4.69) is 4.90 Å². The molecule has 0 unspecified atom stereocenters. The second-order valence-electron chi connectivity index (χ2n) is 10.2. The molecule has 0 spiro atoms. The summed E-state index contributed by atoms with van der Waals surface area (Å²) in [6.45, 7) is 9.19. The Morgan fingerprint density at radius 1 is 1.16 bits per heavy atom. The molecule has 2 saturated carbocycles. The van der Waals surface area contributed by atoms with Crippen LogP contribution in [0.3, 0.4) is 0 Å². The quantitative estimate of drug-likeness (QED) is 0.522. The zero-order valence-corrected chi connectivity index (χ0v) is 18.9. The molecule has 0 aromatic heterocycles. The van der Waals surface area contributed by atoms with Crippen LogP contribution in [-0.4, -0.2) is 72.0 Å². The highest BCUT2D eigenvalue weighted by molar-refractivity contribution is 5.76. The van der Waals surface area contributed by atoms with Crippen molar-refractivity contribution in [2.45, 2.75) is 77.8 Å². The first-order chi connectivity index (χ1) is 14.6. The largest absolute Gasteiger partial charge is 0.462 e. The minimum Gasteiger partial charge on any atom is -0.462 e. The summed E-state index contributed by atoms with van der Waals surface area (Å²) in [5.74, 6) is -2.03. The molecule has 4 aliphatic rings. The van der Waals surface area contributed by atoms with Gasteiger partial charge in [-0.2, -0.15) is 0 Å². The Bertz CT molecular complexity index is 735. The standard InChI is InChI=1S/C23H35NO7/c1-12-9-16-19(15(22(28)31-16)11-24-7-5-6-8-24)21(27)23(4)18(30-14(3)26)10-17(20(12)23)29-13(2)25/h12,15-21,27H,5-11H2,1-4H3/t12-,15-,16+,17+,18+,19-,20+,21+,23-/m1/s1. The Morgan fingerprint density at radius 2 is 1.81 bits per heavy atom. The fourth-order valence-corrected chi connectivity index (χ4v) is 7.03. The van der Waals surface area contributed by atoms with Crippen LogP contribution in [0.2, 0.25) is 0 Å². The molecule has 2 aliphatic heterocycles. The van der Waals surface area contributed by atoms with Crippen LogP contribution in [0.15, 0.2) is 0 Å². The van der Waals surface area contributed by atoms with Gasteiger partial charge in [0.15, 0.2) is 0 Å². The average Bonchev–Trinajstić information content (AvgIpc) is 3.32. The number of esters is 3. The first kappa shape index (κ1) is 22.5. The topological polar surface area (TPSA) is 102 Å². The highest BCUT2D eigenvalue weighted by Crippen LogP contribution is 2.58. The molecule has 4 fully saturated rings. The maximum atomic E-state index is 12.8. The number of carbonyl (C=O) groups excluding carboxylic acids is 3. The van der Waals surface area contributed by atoms with Crippen molar-refractivity contribution in [3.63, 3.8) is 0 Å². The van der Waals surface area contributed by atoms with E-state index in [4.69, 9.17) is 14.2 Å². The molecule has 0 amide bonds. The normalized spacial score (nSPS) is 44.9. The van der Waals surface area contributed by atoms with Crippen molar-refractivity contribution in [2.24, 2.45) is 29.1 Å². The van der Waals surface area contributed by atoms with Gasteiger partial charge in [-0.1, -0.05) is 13.8 Å². The molecule has 174 valence electrons. The lowest BCUT2D eigenvalue weighted by Gasteiger charge is -2.43. The van der Waals surface area contributed by atoms with Gasteiger partial charge in [-0.25, -0.2) is 0 Å². The number of carbonyl (C=O) groups is 3. The summed E-state index contributed by atoms with van der Waals surface area (Å²) in [7, 11) is 0. The van der Waals surface area contributed by atoms with Crippen LogP contribution in [0.1, 0.15) is 53.4 Å². The summed E-state index contributed by atoms with van der Waals surface area (Å²) in [6.07, 6.45) is 0.822. The third kappa shape index (κ3) is 3.86. The fourth-order valence-electron chi connectivity index (χ4n) is 7.03. The first-order valence-corrected chi connectivity index (χ1v) is 11.6. The molecule has 0 aromatic carbocycles. The van der Waals surface area contributed by atoms with Crippen LogP contribution in [-0.2, 0) is 28.6 Å². The van der Waals surface area contributed by atoms with E-state index in [-0.39, 0.29) is 35.8 Å². The average molecular weight is 438 g/mol. The Kier molecular flexibility index (Phi) is 6.07. The van der Waals surface area contributed by atoms with Gasteiger partial charge in [0.25, 0.3) is 0 Å². The molecule has 2 heterocycles. The lowest BCUT2D eigenvalue weighted by molar-refractivity contribution is -0.165. The predicted molar refractivity (Wildman–Crippen MR) is 110 cm³/mol. The number of hydrogen-bond donors (Lipinski definition) is 1. The van der Waals surface area contributed by atoms with Gasteiger partial charge < -0.3 is 24.2 Å². The number of hydrogen-bond acceptors (Lipinski definition) is 8. The summed E-state index contributed by atoms with van der Waals surface area (Å²) in [5.41, 5.74) is -0.845. The molecule has 31 heavy (non-hydrogen) atoms. The molecule has 8 heteroatoms. The number of nitrogens with zero attached hydrogens (tertiary/aromatic N) is 1. The Balaban J connectivity index is 1.69. The number of likely N-dealkylation sites (tertiary alicyclic amines) is 1. The summed E-state index contributed by atoms with van der Waals surface area (Å²) in [4.78, 5) is 38.8. The van der Waals surface area contributed by atoms with Gasteiger partial charge in [0.2, 0.25) is 0 Å². The summed E-state index contributed by atoms with van der Waals surface area (Å²) in [6, 6.07) is 0. The maximum Gasteiger partial charge on any atom is 0.311 e. The van der Waals surface area contributed by atoms with Crippen molar-refractivity contribution in [1.82, 2.24) is 4.90 Å². The molecular formula is C23H35NO7. The van der Waals surface area contributed by atoms with Gasteiger partial charge in [-0.3, -0.25) is 14.4 Å². The van der Waals surface area contributed by atoms with E-state index in [9.17, 15) is 19.5 Å². The molecule has 1 N–H and O–H groups in total. The van der Waals surface area contributed by atoms with Crippen molar-refractivity contribution in [3.8, 4) is 0 Å². The molecule has 2 aliphatic carbocycles. The molecule has 0 radical (unpaired) electrons. The van der Waals surface area contributed by atoms with Crippen molar-refractivity contribution in [1.29, 1.82) is 0 Å². The fraction of sp³-hybridized carbons (Fsp3) is 0.870. The van der Waals surface area contributed by atoms with Crippen LogP contribution in [0.25, 0.3) is 0 Å². The van der Waals surface area contributed by atoms with Gasteiger partial charge >= 0.3 is 17.9 Å².